The fourth-order valence-electron chi connectivity index (χ4n) is 2.11. The zero-order valence-electron chi connectivity index (χ0n) is 11.1. The number of nitrogens with zero attached hydrogens (tertiary/aromatic N) is 3. The SMILES string of the molecule is Cc1cnn(Cc2cc3ccccc3nc2N)c(=O)c1. The fourth-order valence-corrected chi connectivity index (χ4v) is 2.11. The number of pyridine rings is 1. The second-order valence-electron chi connectivity index (χ2n) is 4.75. The molecule has 2 N–H and O–H groups in total. The van der Waals surface area contributed by atoms with Gasteiger partial charge in [-0.1, -0.05) is 18.2 Å². The van der Waals surface area contributed by atoms with Crippen LogP contribution >= 0.6 is 0 Å². The number of rotatable bonds is 2. The minimum atomic E-state index is -0.141. The Morgan fingerprint density at radius 3 is 2.85 bits per heavy atom. The molecule has 0 fully saturated rings. The van der Waals surface area contributed by atoms with Gasteiger partial charge in [-0.15, -0.1) is 0 Å². The molecule has 1 aromatic carbocycles. The van der Waals surface area contributed by atoms with Crippen LogP contribution in [0, 0.1) is 6.92 Å². The topological polar surface area (TPSA) is 73.8 Å². The summed E-state index contributed by atoms with van der Waals surface area (Å²) in [5, 5.41) is 5.11. The molecule has 0 aliphatic carbocycles. The van der Waals surface area contributed by atoms with E-state index in [1.54, 1.807) is 12.3 Å². The average molecular weight is 266 g/mol. The van der Waals surface area contributed by atoms with Crippen molar-refractivity contribution in [2.45, 2.75) is 13.5 Å². The molecule has 0 unspecified atom stereocenters. The standard InChI is InChI=1S/C15H14N4O/c1-10-6-14(20)19(17-8-10)9-12-7-11-4-2-3-5-13(11)18-15(12)16/h2-8H,9H2,1H3,(H2,16,18). The van der Waals surface area contributed by atoms with Crippen LogP contribution in [0.4, 0.5) is 5.82 Å². The molecule has 0 aliphatic heterocycles. The van der Waals surface area contributed by atoms with E-state index in [9.17, 15) is 4.79 Å². The van der Waals surface area contributed by atoms with Crippen LogP contribution in [0.25, 0.3) is 10.9 Å². The largest absolute Gasteiger partial charge is 0.383 e. The second-order valence-corrected chi connectivity index (χ2v) is 4.75. The van der Waals surface area contributed by atoms with Gasteiger partial charge in [0.15, 0.2) is 0 Å². The first kappa shape index (κ1) is 12.3. The number of nitrogens with two attached hydrogens (primary N) is 1. The Kier molecular flexibility index (Phi) is 2.95. The molecule has 3 aromatic rings. The average Bonchev–Trinajstić information content (AvgIpc) is 2.42. The molecule has 20 heavy (non-hydrogen) atoms. The van der Waals surface area contributed by atoms with Crippen molar-refractivity contribution in [2.75, 3.05) is 5.73 Å². The molecule has 0 bridgehead atoms. The molecular formula is C15H14N4O. The van der Waals surface area contributed by atoms with E-state index in [0.717, 1.165) is 22.0 Å². The van der Waals surface area contributed by atoms with Crippen molar-refractivity contribution >= 4 is 16.7 Å². The maximum Gasteiger partial charge on any atom is 0.267 e. The molecule has 2 aromatic heterocycles. The third kappa shape index (κ3) is 2.25. The normalized spacial score (nSPS) is 10.8. The van der Waals surface area contributed by atoms with Crippen LogP contribution in [-0.2, 0) is 6.54 Å². The molecule has 0 saturated heterocycles. The van der Waals surface area contributed by atoms with Crippen LogP contribution in [0.1, 0.15) is 11.1 Å². The third-order valence-electron chi connectivity index (χ3n) is 3.16. The van der Waals surface area contributed by atoms with Gasteiger partial charge >= 0.3 is 0 Å². The molecule has 0 aliphatic rings. The molecule has 5 heteroatoms. The van der Waals surface area contributed by atoms with Gasteiger partial charge in [-0.05, 0) is 24.6 Å². The summed E-state index contributed by atoms with van der Waals surface area (Å²) in [6.07, 6.45) is 1.66. The zero-order valence-corrected chi connectivity index (χ0v) is 11.1. The number of fused-ring (bicyclic) bond motifs is 1. The number of nitrogen functional groups attached to an aromatic ring is 1. The van der Waals surface area contributed by atoms with E-state index in [1.807, 2.05) is 37.3 Å². The van der Waals surface area contributed by atoms with Gasteiger partial charge in [0.1, 0.15) is 5.82 Å². The van der Waals surface area contributed by atoms with E-state index in [4.69, 9.17) is 5.73 Å². The van der Waals surface area contributed by atoms with E-state index >= 15 is 0 Å². The van der Waals surface area contributed by atoms with Crippen molar-refractivity contribution in [2.24, 2.45) is 0 Å². The summed E-state index contributed by atoms with van der Waals surface area (Å²) in [4.78, 5) is 16.2. The van der Waals surface area contributed by atoms with Crippen molar-refractivity contribution in [3.8, 4) is 0 Å². The summed E-state index contributed by atoms with van der Waals surface area (Å²) in [6, 6.07) is 11.2. The van der Waals surface area contributed by atoms with Crippen LogP contribution in [-0.4, -0.2) is 14.8 Å². The maximum atomic E-state index is 11.9. The van der Waals surface area contributed by atoms with E-state index in [1.165, 1.54) is 4.68 Å². The Labute approximate surface area is 115 Å². The molecule has 0 atom stereocenters. The lowest BCUT2D eigenvalue weighted by Crippen LogP contribution is -2.23. The number of hydrogen-bond donors (Lipinski definition) is 1. The molecule has 0 radical (unpaired) electrons. The van der Waals surface area contributed by atoms with Gasteiger partial charge in [-0.2, -0.15) is 5.10 Å². The zero-order chi connectivity index (χ0) is 14.1. The third-order valence-corrected chi connectivity index (χ3v) is 3.16. The van der Waals surface area contributed by atoms with Crippen molar-refractivity contribution in [3.05, 3.63) is 64.1 Å². The molecule has 0 saturated carbocycles. The van der Waals surface area contributed by atoms with Gasteiger partial charge in [0.25, 0.3) is 5.56 Å². The number of hydrogen-bond acceptors (Lipinski definition) is 4. The van der Waals surface area contributed by atoms with Gasteiger partial charge in [0.2, 0.25) is 0 Å². The molecule has 2 heterocycles. The van der Waals surface area contributed by atoms with Crippen molar-refractivity contribution in [3.63, 3.8) is 0 Å². The second kappa shape index (κ2) is 4.77. The predicted molar refractivity (Wildman–Crippen MR) is 78.5 cm³/mol. The predicted octanol–water partition coefficient (Wildman–Crippen LogP) is 1.73. The Morgan fingerprint density at radius 2 is 2.05 bits per heavy atom. The maximum absolute atomic E-state index is 11.9. The van der Waals surface area contributed by atoms with Crippen molar-refractivity contribution in [1.29, 1.82) is 0 Å². The Morgan fingerprint density at radius 1 is 1.25 bits per heavy atom. The molecule has 100 valence electrons. The van der Waals surface area contributed by atoms with Crippen LogP contribution in [0.5, 0.6) is 0 Å². The number of para-hydroxylation sites is 1. The first-order chi connectivity index (χ1) is 9.63. The molecular weight excluding hydrogens is 252 g/mol. The summed E-state index contributed by atoms with van der Waals surface area (Å²) in [6.45, 7) is 2.16. The van der Waals surface area contributed by atoms with Gasteiger partial charge < -0.3 is 5.73 Å². The highest BCUT2D eigenvalue weighted by Gasteiger charge is 2.06. The lowest BCUT2D eigenvalue weighted by Gasteiger charge is -2.08. The first-order valence-corrected chi connectivity index (χ1v) is 6.31. The molecule has 3 rings (SSSR count). The van der Waals surface area contributed by atoms with Gasteiger partial charge in [-0.25, -0.2) is 9.67 Å². The highest BCUT2D eigenvalue weighted by molar-refractivity contribution is 5.81. The minimum absolute atomic E-state index is 0.141. The Bertz CT molecular complexity index is 839. The van der Waals surface area contributed by atoms with Crippen molar-refractivity contribution in [1.82, 2.24) is 14.8 Å². The minimum Gasteiger partial charge on any atom is -0.383 e. The van der Waals surface area contributed by atoms with E-state index < -0.39 is 0 Å². The van der Waals surface area contributed by atoms with Crippen LogP contribution in [0.3, 0.4) is 0 Å². The monoisotopic (exact) mass is 266 g/mol. The number of aryl methyl sites for hydroxylation is 1. The Balaban J connectivity index is 2.06. The summed E-state index contributed by atoms with van der Waals surface area (Å²) in [5.41, 5.74) is 8.30. The lowest BCUT2D eigenvalue weighted by molar-refractivity contribution is 0.636. The number of anilines is 1. The van der Waals surface area contributed by atoms with E-state index in [2.05, 4.69) is 10.1 Å². The highest BCUT2D eigenvalue weighted by atomic mass is 16.1. The lowest BCUT2D eigenvalue weighted by atomic mass is 10.1. The van der Waals surface area contributed by atoms with Gasteiger partial charge in [0.05, 0.1) is 18.3 Å². The fraction of sp³-hybridized carbons (Fsp3) is 0.133. The summed E-state index contributed by atoms with van der Waals surface area (Å²) < 4.78 is 1.38. The quantitative estimate of drug-likeness (QED) is 0.766. The van der Waals surface area contributed by atoms with E-state index in [0.29, 0.717) is 12.4 Å². The van der Waals surface area contributed by atoms with Crippen LogP contribution in [0.2, 0.25) is 0 Å². The number of aromatic nitrogens is 3. The van der Waals surface area contributed by atoms with Crippen LogP contribution in [0.15, 0.2) is 47.4 Å². The van der Waals surface area contributed by atoms with Crippen molar-refractivity contribution < 1.29 is 0 Å². The first-order valence-electron chi connectivity index (χ1n) is 6.31. The highest BCUT2D eigenvalue weighted by Crippen LogP contribution is 2.18. The van der Waals surface area contributed by atoms with E-state index in [-0.39, 0.29) is 5.56 Å². The summed E-state index contributed by atoms with van der Waals surface area (Å²) in [7, 11) is 0. The molecule has 5 nitrogen and oxygen atoms in total. The number of benzene rings is 1. The smallest absolute Gasteiger partial charge is 0.267 e. The van der Waals surface area contributed by atoms with Crippen LogP contribution < -0.4 is 11.3 Å². The van der Waals surface area contributed by atoms with Gasteiger partial charge in [-0.3, -0.25) is 4.79 Å². The molecule has 0 spiro atoms. The summed E-state index contributed by atoms with van der Waals surface area (Å²) >= 11 is 0. The van der Waals surface area contributed by atoms with Gasteiger partial charge in [0, 0.05) is 17.0 Å². The Hall–Kier alpha value is -2.69. The molecule has 0 amide bonds. The summed E-state index contributed by atoms with van der Waals surface area (Å²) in [5.74, 6) is 0.429.